The summed E-state index contributed by atoms with van der Waals surface area (Å²) in [6, 6.07) is 4.04. The Morgan fingerprint density at radius 1 is 1.50 bits per heavy atom. The highest BCUT2D eigenvalue weighted by atomic mass is 35.5. The summed E-state index contributed by atoms with van der Waals surface area (Å²) in [6.45, 7) is 2.27. The number of carbonyl (C=O) groups excluding carboxylic acids is 1. The topological polar surface area (TPSA) is 41.1 Å². The van der Waals surface area contributed by atoms with Gasteiger partial charge in [0.2, 0.25) is 0 Å². The Kier molecular flexibility index (Phi) is 4.33. The minimum absolute atomic E-state index is 0.0209. The Labute approximate surface area is 110 Å². The number of rotatable bonds is 3. The lowest BCUT2D eigenvalue weighted by Gasteiger charge is -2.14. The lowest BCUT2D eigenvalue weighted by atomic mass is 10.1. The van der Waals surface area contributed by atoms with Crippen LogP contribution in [-0.2, 0) is 0 Å². The molecule has 1 aliphatic rings. The van der Waals surface area contributed by atoms with Crippen molar-refractivity contribution < 1.29 is 9.18 Å². The van der Waals surface area contributed by atoms with Crippen molar-refractivity contribution in [3.8, 4) is 0 Å². The van der Waals surface area contributed by atoms with Crippen LogP contribution in [-0.4, -0.2) is 25.5 Å². The van der Waals surface area contributed by atoms with Gasteiger partial charge in [0.15, 0.2) is 0 Å². The standard InChI is InChI=1S/C13H14ClFN2O/c14-11-2-1-10(7-12(11)15)13(18)17-8-9-3-5-16-6-4-9/h1-3,7,16H,4-6,8H2,(H,17,18). The summed E-state index contributed by atoms with van der Waals surface area (Å²) in [5.74, 6) is -0.865. The van der Waals surface area contributed by atoms with Crippen molar-refractivity contribution in [1.29, 1.82) is 0 Å². The minimum atomic E-state index is -0.578. The molecule has 96 valence electrons. The smallest absolute Gasteiger partial charge is 0.251 e. The molecule has 1 aliphatic heterocycles. The molecule has 5 heteroatoms. The molecule has 1 aromatic rings. The van der Waals surface area contributed by atoms with E-state index in [0.717, 1.165) is 25.6 Å². The Morgan fingerprint density at radius 3 is 3.00 bits per heavy atom. The van der Waals surface area contributed by atoms with Gasteiger partial charge in [0, 0.05) is 18.7 Å². The number of hydrogen-bond donors (Lipinski definition) is 2. The molecule has 0 unspecified atom stereocenters. The van der Waals surface area contributed by atoms with Gasteiger partial charge in [-0.1, -0.05) is 23.3 Å². The highest BCUT2D eigenvalue weighted by Crippen LogP contribution is 2.15. The van der Waals surface area contributed by atoms with Crippen LogP contribution in [0.3, 0.4) is 0 Å². The number of hydrogen-bond acceptors (Lipinski definition) is 2. The predicted molar refractivity (Wildman–Crippen MR) is 69.3 cm³/mol. The molecule has 0 fully saturated rings. The first kappa shape index (κ1) is 13.1. The monoisotopic (exact) mass is 268 g/mol. The van der Waals surface area contributed by atoms with Crippen molar-refractivity contribution in [3.05, 3.63) is 46.3 Å². The summed E-state index contributed by atoms with van der Waals surface area (Å²) in [5, 5.41) is 5.99. The molecule has 3 nitrogen and oxygen atoms in total. The molecule has 2 N–H and O–H groups in total. The zero-order chi connectivity index (χ0) is 13.0. The molecule has 0 radical (unpaired) electrons. The van der Waals surface area contributed by atoms with Crippen molar-refractivity contribution >= 4 is 17.5 Å². The molecule has 0 aromatic heterocycles. The van der Waals surface area contributed by atoms with E-state index < -0.39 is 5.82 Å². The van der Waals surface area contributed by atoms with E-state index in [2.05, 4.69) is 16.7 Å². The number of halogens is 2. The van der Waals surface area contributed by atoms with Crippen LogP contribution in [0.2, 0.25) is 5.02 Å². The van der Waals surface area contributed by atoms with Crippen molar-refractivity contribution in [1.82, 2.24) is 10.6 Å². The Bertz CT molecular complexity index is 488. The fourth-order valence-corrected chi connectivity index (χ4v) is 1.88. The number of carbonyl (C=O) groups is 1. The van der Waals surface area contributed by atoms with Gasteiger partial charge in [0.25, 0.3) is 5.91 Å². The maximum atomic E-state index is 13.2. The maximum Gasteiger partial charge on any atom is 0.251 e. The zero-order valence-electron chi connectivity index (χ0n) is 9.80. The Balaban J connectivity index is 1.95. The largest absolute Gasteiger partial charge is 0.348 e. The quantitative estimate of drug-likeness (QED) is 0.825. The van der Waals surface area contributed by atoms with Gasteiger partial charge in [-0.2, -0.15) is 0 Å². The van der Waals surface area contributed by atoms with Crippen LogP contribution in [0.4, 0.5) is 4.39 Å². The van der Waals surface area contributed by atoms with Crippen LogP contribution in [0.25, 0.3) is 0 Å². The fourth-order valence-electron chi connectivity index (χ4n) is 1.76. The highest BCUT2D eigenvalue weighted by molar-refractivity contribution is 6.30. The third-order valence-electron chi connectivity index (χ3n) is 2.82. The Morgan fingerprint density at radius 2 is 2.33 bits per heavy atom. The second-order valence-electron chi connectivity index (χ2n) is 4.13. The van der Waals surface area contributed by atoms with Gasteiger partial charge in [-0.25, -0.2) is 4.39 Å². The van der Waals surface area contributed by atoms with E-state index in [4.69, 9.17) is 11.6 Å². The van der Waals surface area contributed by atoms with Gasteiger partial charge in [-0.3, -0.25) is 4.79 Å². The molecular formula is C13H14ClFN2O. The summed E-state index contributed by atoms with van der Waals surface area (Å²) in [6.07, 6.45) is 2.99. The maximum absolute atomic E-state index is 13.2. The predicted octanol–water partition coefficient (Wildman–Crippen LogP) is 2.13. The van der Waals surface area contributed by atoms with E-state index in [1.807, 2.05) is 0 Å². The molecule has 18 heavy (non-hydrogen) atoms. The molecule has 0 saturated carbocycles. The lowest BCUT2D eigenvalue weighted by Crippen LogP contribution is -2.29. The SMILES string of the molecule is O=C(NCC1=CCNCC1)c1ccc(Cl)c(F)c1. The first-order valence-electron chi connectivity index (χ1n) is 5.78. The van der Waals surface area contributed by atoms with E-state index in [0.29, 0.717) is 6.54 Å². The van der Waals surface area contributed by atoms with E-state index in [-0.39, 0.29) is 16.5 Å². The average molecular weight is 269 g/mol. The summed E-state index contributed by atoms with van der Waals surface area (Å²) in [4.78, 5) is 11.8. The molecular weight excluding hydrogens is 255 g/mol. The van der Waals surface area contributed by atoms with Crippen LogP contribution in [0.5, 0.6) is 0 Å². The summed E-state index contributed by atoms with van der Waals surface area (Å²) in [5.41, 5.74) is 1.47. The molecule has 0 spiro atoms. The summed E-state index contributed by atoms with van der Waals surface area (Å²) < 4.78 is 13.2. The van der Waals surface area contributed by atoms with Crippen LogP contribution in [0.15, 0.2) is 29.8 Å². The van der Waals surface area contributed by atoms with E-state index in [1.165, 1.54) is 17.7 Å². The molecule has 2 rings (SSSR count). The highest BCUT2D eigenvalue weighted by Gasteiger charge is 2.10. The van der Waals surface area contributed by atoms with Crippen LogP contribution < -0.4 is 10.6 Å². The van der Waals surface area contributed by atoms with Gasteiger partial charge in [-0.05, 0) is 31.2 Å². The molecule has 1 heterocycles. The van der Waals surface area contributed by atoms with Crippen LogP contribution in [0.1, 0.15) is 16.8 Å². The third kappa shape index (κ3) is 3.31. The van der Waals surface area contributed by atoms with Crippen molar-refractivity contribution in [2.75, 3.05) is 19.6 Å². The van der Waals surface area contributed by atoms with Crippen LogP contribution in [0, 0.1) is 5.82 Å². The van der Waals surface area contributed by atoms with Gasteiger partial charge in [0.05, 0.1) is 5.02 Å². The first-order valence-corrected chi connectivity index (χ1v) is 6.16. The number of amides is 1. The molecule has 0 saturated heterocycles. The lowest BCUT2D eigenvalue weighted by molar-refractivity contribution is 0.0956. The minimum Gasteiger partial charge on any atom is -0.348 e. The molecule has 1 amide bonds. The molecule has 0 bridgehead atoms. The summed E-state index contributed by atoms with van der Waals surface area (Å²) in [7, 11) is 0. The molecule has 1 aromatic carbocycles. The van der Waals surface area contributed by atoms with Gasteiger partial charge in [0.1, 0.15) is 5.82 Å². The fraction of sp³-hybridized carbons (Fsp3) is 0.308. The normalized spacial score (nSPS) is 15.1. The van der Waals surface area contributed by atoms with E-state index in [1.54, 1.807) is 0 Å². The first-order chi connectivity index (χ1) is 8.66. The number of nitrogens with one attached hydrogen (secondary N) is 2. The summed E-state index contributed by atoms with van der Waals surface area (Å²) >= 11 is 5.56. The zero-order valence-corrected chi connectivity index (χ0v) is 10.6. The van der Waals surface area contributed by atoms with Gasteiger partial charge in [-0.15, -0.1) is 0 Å². The average Bonchev–Trinajstić information content (AvgIpc) is 2.40. The second-order valence-corrected chi connectivity index (χ2v) is 4.54. The Hall–Kier alpha value is -1.39. The second kappa shape index (κ2) is 5.98. The molecule has 0 aliphatic carbocycles. The van der Waals surface area contributed by atoms with Gasteiger partial charge < -0.3 is 10.6 Å². The van der Waals surface area contributed by atoms with E-state index in [9.17, 15) is 9.18 Å². The van der Waals surface area contributed by atoms with Crippen LogP contribution >= 0.6 is 11.6 Å². The van der Waals surface area contributed by atoms with Crippen molar-refractivity contribution in [2.45, 2.75) is 6.42 Å². The third-order valence-corrected chi connectivity index (χ3v) is 3.12. The van der Waals surface area contributed by atoms with Crippen molar-refractivity contribution in [3.63, 3.8) is 0 Å². The number of benzene rings is 1. The molecule has 0 atom stereocenters. The van der Waals surface area contributed by atoms with Crippen molar-refractivity contribution in [2.24, 2.45) is 0 Å². The van der Waals surface area contributed by atoms with Gasteiger partial charge >= 0.3 is 0 Å². The van der Waals surface area contributed by atoms with E-state index >= 15 is 0 Å².